The molecule has 0 bridgehead atoms. The zero-order valence-electron chi connectivity index (χ0n) is 26.7. The van der Waals surface area contributed by atoms with Crippen molar-refractivity contribution in [2.45, 2.75) is 69.7 Å². The van der Waals surface area contributed by atoms with Gasteiger partial charge in [-0.15, -0.1) is 0 Å². The van der Waals surface area contributed by atoms with E-state index in [9.17, 15) is 15.0 Å². The molecule has 5 N–H and O–H groups in total. The fraction of sp³-hybridized carbons (Fsp3) is 0.486. The van der Waals surface area contributed by atoms with Crippen LogP contribution in [0.5, 0.6) is 0 Å². The molecule has 4 aromatic rings. The Bertz CT molecular complexity index is 1540. The van der Waals surface area contributed by atoms with Crippen LogP contribution >= 0.6 is 0 Å². The molecule has 6 rings (SSSR count). The summed E-state index contributed by atoms with van der Waals surface area (Å²) >= 11 is 0. The van der Waals surface area contributed by atoms with Crippen LogP contribution in [0.3, 0.4) is 0 Å². The summed E-state index contributed by atoms with van der Waals surface area (Å²) in [5.41, 5.74) is 3.52. The number of nitrogens with one attached hydrogen (secondary N) is 3. The molecule has 1 saturated carbocycles. The zero-order chi connectivity index (χ0) is 32.0. The number of carbonyl (C=O) groups is 1. The summed E-state index contributed by atoms with van der Waals surface area (Å²) < 4.78 is 1.82. The number of aliphatic hydroxyl groups is 2. The first-order valence-electron chi connectivity index (χ1n) is 16.6. The second-order valence-corrected chi connectivity index (χ2v) is 12.9. The number of aromatic nitrogens is 4. The number of benzene rings is 2. The Morgan fingerprint density at radius 2 is 1.59 bits per heavy atom. The predicted octanol–water partition coefficient (Wildman–Crippen LogP) is 3.78. The highest BCUT2D eigenvalue weighted by atomic mass is 16.3. The highest BCUT2D eigenvalue weighted by Crippen LogP contribution is 2.35. The van der Waals surface area contributed by atoms with Crippen LogP contribution in [0.2, 0.25) is 0 Å². The molecule has 1 saturated heterocycles. The first-order chi connectivity index (χ1) is 22.4. The van der Waals surface area contributed by atoms with Crippen molar-refractivity contribution < 1.29 is 15.0 Å². The maximum Gasteiger partial charge on any atom is 0.226 e. The Labute approximate surface area is 270 Å². The molecule has 4 atom stereocenters. The number of imidazole rings is 1. The Kier molecular flexibility index (Phi) is 10.1. The van der Waals surface area contributed by atoms with Crippen LogP contribution in [0.1, 0.15) is 62.6 Å². The average molecular weight is 627 g/mol. The molecule has 1 unspecified atom stereocenters. The highest BCUT2D eigenvalue weighted by molar-refractivity contribution is 5.84. The first kappa shape index (κ1) is 31.9. The lowest BCUT2D eigenvalue weighted by Crippen LogP contribution is -2.44. The molecule has 1 aliphatic heterocycles. The third-order valence-corrected chi connectivity index (χ3v) is 9.32. The number of amides is 1. The number of piperidine rings is 1. The summed E-state index contributed by atoms with van der Waals surface area (Å²) in [5.74, 6) is 0.754. The van der Waals surface area contributed by atoms with E-state index in [4.69, 9.17) is 15.0 Å². The van der Waals surface area contributed by atoms with E-state index < -0.39 is 24.3 Å². The van der Waals surface area contributed by atoms with Crippen molar-refractivity contribution in [3.8, 4) is 0 Å². The van der Waals surface area contributed by atoms with Gasteiger partial charge in [-0.2, -0.15) is 9.97 Å². The largest absolute Gasteiger partial charge is 0.388 e. The number of anilines is 2. The molecule has 244 valence electrons. The van der Waals surface area contributed by atoms with Gasteiger partial charge in [0.1, 0.15) is 12.2 Å². The number of fused-ring (bicyclic) bond motifs is 1. The Hall–Kier alpha value is -4.06. The summed E-state index contributed by atoms with van der Waals surface area (Å²) in [4.78, 5) is 29.4. The molecule has 2 aliphatic rings. The molecule has 2 fully saturated rings. The minimum absolute atomic E-state index is 0.0714. The standard InChI is InChI=1S/C35H46N8O3/c1-23(2)34(46)39-27-20-28(31(45)30(27)44)43-22-38-29-32(40-35(41-33(29)43)36-16-19-42-17-10-5-11-18-42)37-21-26(24-12-6-3-7-13-24)25-14-8-4-9-15-25/h3-4,6-9,12-15,22-23,26-28,30-31,44-45H,5,10-11,16-21H2,1-2H3,(H,39,46)(H2,36,37,40,41)/t27-,28?,30+,31-/m0/s1. The van der Waals surface area contributed by atoms with Gasteiger partial charge in [0, 0.05) is 31.5 Å². The van der Waals surface area contributed by atoms with Crippen LogP contribution < -0.4 is 16.0 Å². The average Bonchev–Trinajstić information content (AvgIpc) is 3.62. The van der Waals surface area contributed by atoms with Crippen molar-refractivity contribution in [2.75, 3.05) is 43.4 Å². The van der Waals surface area contributed by atoms with Crippen LogP contribution in [-0.2, 0) is 4.79 Å². The van der Waals surface area contributed by atoms with E-state index in [1.54, 1.807) is 20.2 Å². The molecule has 3 heterocycles. The lowest BCUT2D eigenvalue weighted by Gasteiger charge is -2.26. The number of hydrogen-bond acceptors (Lipinski definition) is 9. The Morgan fingerprint density at radius 1 is 0.913 bits per heavy atom. The molecule has 2 aromatic heterocycles. The molecule has 1 amide bonds. The van der Waals surface area contributed by atoms with Gasteiger partial charge in [-0.3, -0.25) is 4.79 Å². The smallest absolute Gasteiger partial charge is 0.226 e. The van der Waals surface area contributed by atoms with E-state index in [-0.39, 0.29) is 17.7 Å². The van der Waals surface area contributed by atoms with Crippen molar-refractivity contribution in [2.24, 2.45) is 5.92 Å². The van der Waals surface area contributed by atoms with E-state index in [1.807, 2.05) is 16.7 Å². The second-order valence-electron chi connectivity index (χ2n) is 12.9. The molecule has 11 heteroatoms. The summed E-state index contributed by atoms with van der Waals surface area (Å²) in [7, 11) is 0. The number of nitrogens with zero attached hydrogens (tertiary/aromatic N) is 5. The maximum absolute atomic E-state index is 12.4. The molecule has 46 heavy (non-hydrogen) atoms. The third kappa shape index (κ3) is 7.16. The SMILES string of the molecule is CC(C)C(=O)N[C@H]1CC(n2cnc3c(NCC(c4ccccc4)c4ccccc4)nc(NCCN4CCCCC4)nc32)[C@H](O)[C@@H]1O. The Morgan fingerprint density at radius 3 is 2.24 bits per heavy atom. The van der Waals surface area contributed by atoms with Gasteiger partial charge in [0.05, 0.1) is 18.4 Å². The number of carbonyl (C=O) groups excluding carboxylic acids is 1. The molecule has 11 nitrogen and oxygen atoms in total. The van der Waals surface area contributed by atoms with Crippen molar-refractivity contribution in [1.29, 1.82) is 0 Å². The topological polar surface area (TPSA) is 140 Å². The lowest BCUT2D eigenvalue weighted by atomic mass is 9.91. The number of rotatable bonds is 12. The zero-order valence-corrected chi connectivity index (χ0v) is 26.7. The fourth-order valence-electron chi connectivity index (χ4n) is 6.64. The van der Waals surface area contributed by atoms with Crippen LogP contribution in [0.15, 0.2) is 67.0 Å². The number of hydrogen-bond donors (Lipinski definition) is 5. The minimum atomic E-state index is -1.11. The van der Waals surface area contributed by atoms with Gasteiger partial charge in [-0.05, 0) is 43.5 Å². The molecule has 2 aromatic carbocycles. The van der Waals surface area contributed by atoms with Gasteiger partial charge >= 0.3 is 0 Å². The Balaban J connectivity index is 1.29. The summed E-state index contributed by atoms with van der Waals surface area (Å²) in [5, 5.41) is 31.9. The monoisotopic (exact) mass is 626 g/mol. The quantitative estimate of drug-likeness (QED) is 0.159. The molecule has 0 spiro atoms. The summed E-state index contributed by atoms with van der Waals surface area (Å²) in [6.45, 7) is 8.00. The van der Waals surface area contributed by atoms with Crippen molar-refractivity contribution in [3.05, 3.63) is 78.1 Å². The van der Waals surface area contributed by atoms with E-state index >= 15 is 0 Å². The van der Waals surface area contributed by atoms with Crippen molar-refractivity contribution in [3.63, 3.8) is 0 Å². The van der Waals surface area contributed by atoms with Crippen LogP contribution in [0, 0.1) is 5.92 Å². The molecule has 1 aliphatic carbocycles. The summed E-state index contributed by atoms with van der Waals surface area (Å²) in [6.07, 6.45) is 3.55. The van der Waals surface area contributed by atoms with Crippen LogP contribution in [-0.4, -0.2) is 91.5 Å². The predicted molar refractivity (Wildman–Crippen MR) is 180 cm³/mol. The van der Waals surface area contributed by atoms with Crippen LogP contribution in [0.4, 0.5) is 11.8 Å². The van der Waals surface area contributed by atoms with Gasteiger partial charge in [0.2, 0.25) is 11.9 Å². The lowest BCUT2D eigenvalue weighted by molar-refractivity contribution is -0.125. The van der Waals surface area contributed by atoms with Gasteiger partial charge in [0.25, 0.3) is 0 Å². The van der Waals surface area contributed by atoms with E-state index in [0.717, 1.165) is 19.6 Å². The van der Waals surface area contributed by atoms with E-state index in [0.29, 0.717) is 42.4 Å². The van der Waals surface area contributed by atoms with Gasteiger partial charge in [-0.1, -0.05) is 80.9 Å². The van der Waals surface area contributed by atoms with Crippen molar-refractivity contribution >= 4 is 28.8 Å². The fourth-order valence-corrected chi connectivity index (χ4v) is 6.64. The van der Waals surface area contributed by atoms with Gasteiger partial charge in [0.15, 0.2) is 17.0 Å². The number of likely N-dealkylation sites (tertiary alicyclic amines) is 1. The van der Waals surface area contributed by atoms with Crippen molar-refractivity contribution in [1.82, 2.24) is 29.7 Å². The molecular weight excluding hydrogens is 580 g/mol. The number of aliphatic hydroxyl groups excluding tert-OH is 2. The van der Waals surface area contributed by atoms with E-state index in [1.165, 1.54) is 30.4 Å². The first-order valence-corrected chi connectivity index (χ1v) is 16.6. The maximum atomic E-state index is 12.4. The van der Waals surface area contributed by atoms with Gasteiger partial charge in [-0.25, -0.2) is 4.98 Å². The highest BCUT2D eigenvalue weighted by Gasteiger charge is 2.44. The summed E-state index contributed by atoms with van der Waals surface area (Å²) in [6, 6.07) is 19.7. The molecular formula is C35H46N8O3. The van der Waals surface area contributed by atoms with Crippen LogP contribution in [0.25, 0.3) is 11.2 Å². The normalized spacial score (nSPS) is 22.0. The third-order valence-electron chi connectivity index (χ3n) is 9.32. The minimum Gasteiger partial charge on any atom is -0.388 e. The molecule has 0 radical (unpaired) electrons. The van der Waals surface area contributed by atoms with E-state index in [2.05, 4.69) is 69.4 Å². The second kappa shape index (κ2) is 14.6. The van der Waals surface area contributed by atoms with Gasteiger partial charge < -0.3 is 35.6 Å².